The van der Waals surface area contributed by atoms with Crippen molar-refractivity contribution in [2.45, 2.75) is 26.2 Å². The van der Waals surface area contributed by atoms with Crippen LogP contribution in [0, 0.1) is 17.8 Å². The fourth-order valence-electron chi connectivity index (χ4n) is 3.35. The van der Waals surface area contributed by atoms with Crippen molar-refractivity contribution in [3.63, 3.8) is 0 Å². The maximum absolute atomic E-state index is 12.4. The maximum atomic E-state index is 12.4. The third kappa shape index (κ3) is 2.77. The largest absolute Gasteiger partial charge is 0.367 e. The molecule has 2 aliphatic rings. The molecule has 3 rings (SSSR count). The van der Waals surface area contributed by atoms with Gasteiger partial charge in [-0.15, -0.1) is 0 Å². The van der Waals surface area contributed by atoms with E-state index in [2.05, 4.69) is 12.2 Å². The molecule has 4 nitrogen and oxygen atoms in total. The van der Waals surface area contributed by atoms with E-state index in [9.17, 15) is 9.59 Å². The second-order valence-electron chi connectivity index (χ2n) is 6.08. The highest BCUT2D eigenvalue weighted by molar-refractivity contribution is 6.30. The third-order valence-electron chi connectivity index (χ3n) is 4.56. The Labute approximate surface area is 129 Å². The van der Waals surface area contributed by atoms with Gasteiger partial charge in [0.15, 0.2) is 0 Å². The second kappa shape index (κ2) is 5.68. The van der Waals surface area contributed by atoms with Crippen LogP contribution < -0.4 is 5.32 Å². The van der Waals surface area contributed by atoms with Crippen LogP contribution in [0.3, 0.4) is 0 Å². The summed E-state index contributed by atoms with van der Waals surface area (Å²) in [6, 6.07) is 7.23. The molecule has 21 heavy (non-hydrogen) atoms. The van der Waals surface area contributed by atoms with E-state index in [1.807, 2.05) is 12.1 Å². The molecule has 5 heteroatoms. The molecule has 1 aliphatic carbocycles. The molecule has 0 radical (unpaired) electrons. The Morgan fingerprint density at radius 3 is 2.52 bits per heavy atom. The van der Waals surface area contributed by atoms with Crippen LogP contribution in [-0.4, -0.2) is 23.4 Å². The lowest BCUT2D eigenvalue weighted by atomic mass is 9.76. The monoisotopic (exact) mass is 306 g/mol. The van der Waals surface area contributed by atoms with Crippen LogP contribution in [0.15, 0.2) is 24.3 Å². The van der Waals surface area contributed by atoms with E-state index in [4.69, 9.17) is 11.6 Å². The molecule has 0 aromatic heterocycles. The SMILES string of the molecule is C[C@H]1CC[C@@H]2C(=O)N(CNc3ccc(Cl)cc3)C(=O)[C@@H]2C1. The van der Waals surface area contributed by atoms with Crippen molar-refractivity contribution in [1.82, 2.24) is 4.90 Å². The molecular weight excluding hydrogens is 288 g/mol. The summed E-state index contributed by atoms with van der Waals surface area (Å²) < 4.78 is 0. The quantitative estimate of drug-likeness (QED) is 0.873. The molecule has 112 valence electrons. The van der Waals surface area contributed by atoms with Crippen LogP contribution >= 0.6 is 11.6 Å². The van der Waals surface area contributed by atoms with Gasteiger partial charge in [0.25, 0.3) is 0 Å². The standard InChI is InChI=1S/C16H19ClN2O2/c1-10-2-7-13-14(8-10)16(21)19(15(13)20)9-18-12-5-3-11(17)4-6-12/h3-6,10,13-14,18H,2,7-9H2,1H3/t10-,13-,14+/m0/s1. The van der Waals surface area contributed by atoms with Gasteiger partial charge in [0.1, 0.15) is 0 Å². The molecule has 1 saturated heterocycles. The van der Waals surface area contributed by atoms with Crippen LogP contribution in [0.2, 0.25) is 5.02 Å². The van der Waals surface area contributed by atoms with E-state index in [0.29, 0.717) is 10.9 Å². The van der Waals surface area contributed by atoms with Crippen molar-refractivity contribution >= 4 is 29.1 Å². The molecule has 1 saturated carbocycles. The number of fused-ring (bicyclic) bond motifs is 1. The average molecular weight is 307 g/mol. The summed E-state index contributed by atoms with van der Waals surface area (Å²) in [6.45, 7) is 2.39. The molecule has 3 atom stereocenters. The second-order valence-corrected chi connectivity index (χ2v) is 6.51. The Bertz CT molecular complexity index is 558. The smallest absolute Gasteiger partial charge is 0.234 e. The van der Waals surface area contributed by atoms with Gasteiger partial charge in [0.2, 0.25) is 11.8 Å². The zero-order valence-corrected chi connectivity index (χ0v) is 12.8. The van der Waals surface area contributed by atoms with Gasteiger partial charge in [-0.05, 0) is 49.4 Å². The van der Waals surface area contributed by atoms with Crippen LogP contribution in [0.5, 0.6) is 0 Å². The summed E-state index contributed by atoms with van der Waals surface area (Å²) in [5, 5.41) is 3.78. The first-order chi connectivity index (χ1) is 10.1. The first-order valence-corrected chi connectivity index (χ1v) is 7.78. The predicted molar refractivity (Wildman–Crippen MR) is 81.8 cm³/mol. The number of carbonyl (C=O) groups excluding carboxylic acids is 2. The fourth-order valence-corrected chi connectivity index (χ4v) is 3.48. The fraction of sp³-hybridized carbons (Fsp3) is 0.500. The molecule has 1 aromatic rings. The normalized spacial score (nSPS) is 28.7. The first kappa shape index (κ1) is 14.4. The summed E-state index contributed by atoms with van der Waals surface area (Å²) in [5.41, 5.74) is 0.850. The number of nitrogens with one attached hydrogen (secondary N) is 1. The van der Waals surface area contributed by atoms with Crippen molar-refractivity contribution in [2.24, 2.45) is 17.8 Å². The number of hydrogen-bond donors (Lipinski definition) is 1. The van der Waals surface area contributed by atoms with Gasteiger partial charge >= 0.3 is 0 Å². The molecule has 2 amide bonds. The molecule has 2 fully saturated rings. The van der Waals surface area contributed by atoms with E-state index in [1.54, 1.807) is 12.1 Å². The highest BCUT2D eigenvalue weighted by Crippen LogP contribution is 2.40. The minimum Gasteiger partial charge on any atom is -0.367 e. The van der Waals surface area contributed by atoms with E-state index in [-0.39, 0.29) is 30.3 Å². The van der Waals surface area contributed by atoms with Gasteiger partial charge in [0, 0.05) is 10.7 Å². The van der Waals surface area contributed by atoms with Crippen LogP contribution in [0.1, 0.15) is 26.2 Å². The summed E-state index contributed by atoms with van der Waals surface area (Å²) in [7, 11) is 0. The van der Waals surface area contributed by atoms with E-state index in [0.717, 1.165) is 24.9 Å². The predicted octanol–water partition coefficient (Wildman–Crippen LogP) is 3.13. The molecule has 1 N–H and O–H groups in total. The molecular formula is C16H19ClN2O2. The van der Waals surface area contributed by atoms with Crippen LogP contribution in [-0.2, 0) is 9.59 Å². The third-order valence-corrected chi connectivity index (χ3v) is 4.82. The van der Waals surface area contributed by atoms with E-state index < -0.39 is 0 Å². The molecule has 0 bridgehead atoms. The number of amides is 2. The van der Waals surface area contributed by atoms with E-state index in [1.165, 1.54) is 4.90 Å². The first-order valence-electron chi connectivity index (χ1n) is 7.41. The Morgan fingerprint density at radius 2 is 1.81 bits per heavy atom. The summed E-state index contributed by atoms with van der Waals surface area (Å²) in [6.07, 6.45) is 2.72. The number of imide groups is 1. The number of halogens is 1. The lowest BCUT2D eigenvalue weighted by Crippen LogP contribution is -2.35. The maximum Gasteiger partial charge on any atom is 0.234 e. The van der Waals surface area contributed by atoms with Gasteiger partial charge < -0.3 is 5.32 Å². The number of likely N-dealkylation sites (tertiary alicyclic amines) is 1. The minimum atomic E-state index is -0.103. The molecule has 1 aliphatic heterocycles. The topological polar surface area (TPSA) is 49.4 Å². The van der Waals surface area contributed by atoms with Gasteiger partial charge in [-0.25, -0.2) is 0 Å². The van der Waals surface area contributed by atoms with Crippen LogP contribution in [0.25, 0.3) is 0 Å². The lowest BCUT2D eigenvalue weighted by molar-refractivity contribution is -0.139. The zero-order valence-electron chi connectivity index (χ0n) is 12.0. The van der Waals surface area contributed by atoms with E-state index >= 15 is 0 Å². The highest BCUT2D eigenvalue weighted by atomic mass is 35.5. The highest BCUT2D eigenvalue weighted by Gasteiger charge is 2.49. The minimum absolute atomic E-state index is 0.0154. The van der Waals surface area contributed by atoms with Crippen molar-refractivity contribution in [3.05, 3.63) is 29.3 Å². The number of nitrogens with zero attached hydrogens (tertiary/aromatic N) is 1. The molecule has 0 spiro atoms. The lowest BCUT2D eigenvalue weighted by Gasteiger charge is -2.25. The van der Waals surface area contributed by atoms with Gasteiger partial charge in [-0.2, -0.15) is 0 Å². The Kier molecular flexibility index (Phi) is 3.89. The summed E-state index contributed by atoms with van der Waals surface area (Å²) in [5.74, 6) is 0.303. The number of anilines is 1. The Balaban J connectivity index is 1.67. The number of rotatable bonds is 3. The summed E-state index contributed by atoms with van der Waals surface area (Å²) >= 11 is 5.84. The van der Waals surface area contributed by atoms with Gasteiger partial charge in [-0.1, -0.05) is 18.5 Å². The van der Waals surface area contributed by atoms with Crippen molar-refractivity contribution in [3.8, 4) is 0 Å². The van der Waals surface area contributed by atoms with Gasteiger partial charge in [0.05, 0.1) is 18.5 Å². The van der Waals surface area contributed by atoms with Crippen molar-refractivity contribution in [1.29, 1.82) is 0 Å². The molecule has 1 heterocycles. The zero-order chi connectivity index (χ0) is 15.0. The molecule has 1 aromatic carbocycles. The molecule has 0 unspecified atom stereocenters. The average Bonchev–Trinajstić information content (AvgIpc) is 2.70. The summed E-state index contributed by atoms with van der Waals surface area (Å²) in [4.78, 5) is 26.2. The van der Waals surface area contributed by atoms with Crippen LogP contribution in [0.4, 0.5) is 5.69 Å². The Morgan fingerprint density at radius 1 is 1.14 bits per heavy atom. The Hall–Kier alpha value is -1.55. The van der Waals surface area contributed by atoms with Crippen molar-refractivity contribution in [2.75, 3.05) is 12.0 Å². The number of carbonyl (C=O) groups is 2. The number of hydrogen-bond acceptors (Lipinski definition) is 3. The number of benzene rings is 1. The van der Waals surface area contributed by atoms with Gasteiger partial charge in [-0.3, -0.25) is 14.5 Å². The van der Waals surface area contributed by atoms with Crippen molar-refractivity contribution < 1.29 is 9.59 Å².